The number of fused-ring (bicyclic) bond motifs is 1. The normalized spacial score (nSPS) is 18.7. The van der Waals surface area contributed by atoms with Gasteiger partial charge < -0.3 is 20.5 Å². The monoisotopic (exact) mass is 470 g/mol. The van der Waals surface area contributed by atoms with Gasteiger partial charge in [0, 0.05) is 12.6 Å². The average molecular weight is 471 g/mol. The second-order valence-corrected chi connectivity index (χ2v) is 8.34. The van der Waals surface area contributed by atoms with Crippen LogP contribution in [0, 0.1) is 24.2 Å². The van der Waals surface area contributed by atoms with Gasteiger partial charge in [-0.1, -0.05) is 24.5 Å². The maximum absolute atomic E-state index is 13.6. The van der Waals surface area contributed by atoms with Crippen LogP contribution in [-0.4, -0.2) is 49.9 Å². The van der Waals surface area contributed by atoms with Crippen LogP contribution >= 0.6 is 0 Å². The Morgan fingerprint density at radius 1 is 1.40 bits per heavy atom. The van der Waals surface area contributed by atoms with Crippen molar-refractivity contribution < 1.29 is 9.59 Å². The molecule has 35 heavy (non-hydrogen) atoms. The van der Waals surface area contributed by atoms with Crippen LogP contribution in [0.2, 0.25) is 0 Å². The molecule has 3 rings (SSSR count). The number of nitrogens with one attached hydrogen (secondary N) is 1. The third kappa shape index (κ3) is 4.83. The van der Waals surface area contributed by atoms with Crippen molar-refractivity contribution in [2.45, 2.75) is 52.2 Å². The highest BCUT2D eigenvalue weighted by molar-refractivity contribution is 6.12. The van der Waals surface area contributed by atoms with Crippen LogP contribution in [0.25, 0.3) is 11.0 Å². The highest BCUT2D eigenvalue weighted by atomic mass is 16.2. The lowest BCUT2D eigenvalue weighted by molar-refractivity contribution is -0.126. The van der Waals surface area contributed by atoms with Gasteiger partial charge in [-0.2, -0.15) is 0 Å². The maximum Gasteiger partial charge on any atom is 0.255 e. The van der Waals surface area contributed by atoms with E-state index in [0.717, 1.165) is 5.57 Å². The van der Waals surface area contributed by atoms with Crippen molar-refractivity contribution in [3.05, 3.63) is 54.0 Å². The Hall–Kier alpha value is -4.30. The third-order valence-corrected chi connectivity index (χ3v) is 6.21. The molecule has 0 bridgehead atoms. The van der Waals surface area contributed by atoms with E-state index >= 15 is 0 Å². The molecule has 0 saturated carbocycles. The lowest BCUT2D eigenvalue weighted by Crippen LogP contribution is -2.34. The van der Waals surface area contributed by atoms with Crippen molar-refractivity contribution >= 4 is 28.7 Å². The Morgan fingerprint density at radius 3 is 2.77 bits per heavy atom. The number of nitrogen functional groups attached to an aromatic ring is 1. The number of rotatable bonds is 6. The first-order valence-corrected chi connectivity index (χ1v) is 11.4. The lowest BCUT2D eigenvalue weighted by Gasteiger charge is -2.19. The summed E-state index contributed by atoms with van der Waals surface area (Å²) in [7, 11) is 0. The third-order valence-electron chi connectivity index (χ3n) is 6.21. The van der Waals surface area contributed by atoms with Crippen molar-refractivity contribution in [2.24, 2.45) is 0 Å². The van der Waals surface area contributed by atoms with Gasteiger partial charge in [0.05, 0.1) is 23.0 Å². The fraction of sp³-hybridized carbons (Fsp3) is 0.333. The number of terminal acetylenes is 1. The summed E-state index contributed by atoms with van der Waals surface area (Å²) in [5, 5.41) is 3.47. The number of hydrogen-bond donors (Lipinski definition) is 2. The molecule has 180 valence electrons. The largest absolute Gasteiger partial charge is 0.383 e. The van der Waals surface area contributed by atoms with Gasteiger partial charge in [0.2, 0.25) is 5.91 Å². The number of hydrogen-bond acceptors (Lipinski definition) is 5. The molecular weight excluding hydrogens is 440 g/mol. The molecule has 2 aromatic rings. The van der Waals surface area contributed by atoms with E-state index in [4.69, 9.17) is 12.2 Å². The summed E-state index contributed by atoms with van der Waals surface area (Å²) in [6.07, 6.45) is 13.9. The predicted octanol–water partition coefficient (Wildman–Crippen LogP) is 2.99. The van der Waals surface area contributed by atoms with Crippen LogP contribution in [0.5, 0.6) is 0 Å². The zero-order valence-electron chi connectivity index (χ0n) is 20.5. The van der Waals surface area contributed by atoms with Crippen molar-refractivity contribution in [3.63, 3.8) is 0 Å². The Morgan fingerprint density at radius 2 is 2.14 bits per heavy atom. The molecule has 0 aromatic carbocycles. The van der Waals surface area contributed by atoms with Crippen LogP contribution in [0.4, 0.5) is 5.82 Å². The minimum Gasteiger partial charge on any atom is -0.383 e. The zero-order chi connectivity index (χ0) is 25.7. The number of anilines is 1. The van der Waals surface area contributed by atoms with Crippen LogP contribution in [0.15, 0.2) is 42.8 Å². The molecule has 3 N–H and O–H groups in total. The van der Waals surface area contributed by atoms with E-state index in [1.807, 2.05) is 31.4 Å². The van der Waals surface area contributed by atoms with Crippen LogP contribution in [0.3, 0.4) is 0 Å². The van der Waals surface area contributed by atoms with Gasteiger partial charge in [0.1, 0.15) is 23.5 Å². The molecule has 0 radical (unpaired) electrons. The van der Waals surface area contributed by atoms with Gasteiger partial charge >= 0.3 is 0 Å². The molecule has 2 aromatic heterocycles. The topological polar surface area (TPSA) is 106 Å². The molecule has 3 heterocycles. The minimum atomic E-state index is -0.348. The maximum atomic E-state index is 13.6. The van der Waals surface area contributed by atoms with Gasteiger partial charge in [0.25, 0.3) is 5.91 Å². The van der Waals surface area contributed by atoms with Gasteiger partial charge in [-0.15, -0.1) is 6.42 Å². The first-order chi connectivity index (χ1) is 16.8. The van der Waals surface area contributed by atoms with Gasteiger partial charge in [-0.05, 0) is 63.8 Å². The average Bonchev–Trinajstić information content (AvgIpc) is 3.37. The number of allylic oxidation sites excluding steroid dienone is 2. The van der Waals surface area contributed by atoms with E-state index in [-0.39, 0.29) is 35.8 Å². The van der Waals surface area contributed by atoms with Crippen molar-refractivity contribution in [2.75, 3.05) is 12.3 Å². The molecule has 1 saturated heterocycles. The number of nitrogens with two attached hydrogens (primary N) is 1. The van der Waals surface area contributed by atoms with Crippen LogP contribution in [-0.2, 0) is 4.79 Å². The van der Waals surface area contributed by atoms with Crippen molar-refractivity contribution in [1.29, 1.82) is 0 Å². The number of aromatic nitrogens is 3. The second-order valence-electron chi connectivity index (χ2n) is 8.34. The summed E-state index contributed by atoms with van der Waals surface area (Å²) in [6, 6.07) is -0.483. The molecular formula is C27H30N6O2. The van der Waals surface area contributed by atoms with Crippen LogP contribution in [0.1, 0.15) is 56.2 Å². The number of likely N-dealkylation sites (tertiary alicyclic amines) is 1. The minimum absolute atomic E-state index is 0.0120. The number of carbonyl (C=O) groups is 2. The molecule has 0 unspecified atom stereocenters. The summed E-state index contributed by atoms with van der Waals surface area (Å²) >= 11 is 0. The number of amides is 2. The van der Waals surface area contributed by atoms with Gasteiger partial charge in [-0.25, -0.2) is 9.97 Å². The predicted molar refractivity (Wildman–Crippen MR) is 138 cm³/mol. The molecule has 8 heteroatoms. The van der Waals surface area contributed by atoms with Gasteiger partial charge in [-0.3, -0.25) is 9.59 Å². The Labute approximate surface area is 206 Å². The summed E-state index contributed by atoms with van der Waals surface area (Å²) < 4.78 is 1.92. The SMILES string of the molecule is C#C/C=C\C(=C/C)[C@@H](C)NC(=O)c1c(C#CC)n([C@@H]2C[C@H](C)N(C(=O)C=C)C2)c2ncnc(N)c12. The van der Waals surface area contributed by atoms with Gasteiger partial charge in [0.15, 0.2) is 0 Å². The first kappa shape index (κ1) is 25.3. The fourth-order valence-electron chi connectivity index (χ4n) is 4.58. The summed E-state index contributed by atoms with van der Waals surface area (Å²) in [6.45, 7) is 11.5. The van der Waals surface area contributed by atoms with E-state index in [9.17, 15) is 9.59 Å². The molecule has 0 spiro atoms. The number of nitrogens with zero attached hydrogens (tertiary/aromatic N) is 4. The smallest absolute Gasteiger partial charge is 0.255 e. The van der Waals surface area contributed by atoms with Crippen molar-refractivity contribution in [1.82, 2.24) is 24.8 Å². The lowest BCUT2D eigenvalue weighted by atomic mass is 10.1. The van der Waals surface area contributed by atoms with E-state index in [2.05, 4.69) is 39.6 Å². The molecule has 3 atom stereocenters. The Bertz CT molecular complexity index is 1330. The second kappa shape index (κ2) is 10.8. The van der Waals surface area contributed by atoms with E-state index in [1.165, 1.54) is 12.4 Å². The zero-order valence-corrected chi connectivity index (χ0v) is 20.5. The molecule has 0 aliphatic carbocycles. The number of carbonyl (C=O) groups excluding carboxylic acids is 2. The standard InChI is InChI=1S/C27H30N6O2/c1-7-11-13-19(9-3)18(6)31-27(35)23-21(12-8-2)33(26-24(23)25(28)29-16-30-26)20-14-17(5)32(15-20)22(34)10-4/h1,9-11,13,16-18,20H,4,14-15H2,2-3,5-6H3,(H,31,35)(H2,28,29,30)/b13-11-,19-9+/t17-,18+,20+/m0/s1. The highest BCUT2D eigenvalue weighted by Gasteiger charge is 2.36. The molecule has 2 amide bonds. The summed E-state index contributed by atoms with van der Waals surface area (Å²) in [5.74, 6) is 8.17. The molecule has 1 fully saturated rings. The molecule has 1 aliphatic heterocycles. The summed E-state index contributed by atoms with van der Waals surface area (Å²) in [5.41, 5.74) is 8.44. The van der Waals surface area contributed by atoms with E-state index < -0.39 is 0 Å². The van der Waals surface area contributed by atoms with Crippen molar-refractivity contribution in [3.8, 4) is 24.2 Å². The highest BCUT2D eigenvalue weighted by Crippen LogP contribution is 2.36. The first-order valence-electron chi connectivity index (χ1n) is 11.4. The molecule has 1 aliphatic rings. The summed E-state index contributed by atoms with van der Waals surface area (Å²) in [4.78, 5) is 36.4. The van der Waals surface area contributed by atoms with E-state index in [1.54, 1.807) is 24.0 Å². The quantitative estimate of drug-likeness (QED) is 0.384. The Kier molecular flexibility index (Phi) is 7.78. The Balaban J connectivity index is 2.15. The fourth-order valence-corrected chi connectivity index (χ4v) is 4.58. The van der Waals surface area contributed by atoms with E-state index in [0.29, 0.717) is 35.3 Å². The molecule has 8 nitrogen and oxygen atoms in total. The van der Waals surface area contributed by atoms with Crippen LogP contribution < -0.4 is 11.1 Å².